The minimum atomic E-state index is -0.109. The van der Waals surface area contributed by atoms with Crippen LogP contribution in [0.1, 0.15) is 29.8 Å². The van der Waals surface area contributed by atoms with E-state index in [4.69, 9.17) is 4.74 Å². The summed E-state index contributed by atoms with van der Waals surface area (Å²) in [6, 6.07) is 7.68. The third-order valence-electron chi connectivity index (χ3n) is 4.16. The first-order chi connectivity index (χ1) is 10.9. The molecule has 23 heavy (non-hydrogen) atoms. The van der Waals surface area contributed by atoms with E-state index in [1.807, 2.05) is 41.7 Å². The van der Waals surface area contributed by atoms with E-state index in [0.717, 1.165) is 28.9 Å². The van der Waals surface area contributed by atoms with Crippen LogP contribution in [0.4, 0.5) is 0 Å². The molecular formula is C18H20O3S2. The van der Waals surface area contributed by atoms with Crippen LogP contribution in [0.2, 0.25) is 0 Å². The molecule has 0 atom stereocenters. The lowest BCUT2D eigenvalue weighted by atomic mass is 9.94. The van der Waals surface area contributed by atoms with Crippen LogP contribution in [-0.4, -0.2) is 33.6 Å². The number of benzene rings is 2. The number of fused-ring (bicyclic) bond motifs is 1. The van der Waals surface area contributed by atoms with Gasteiger partial charge in [0.2, 0.25) is 0 Å². The van der Waals surface area contributed by atoms with Crippen molar-refractivity contribution in [1.29, 1.82) is 0 Å². The molecule has 1 fully saturated rings. The van der Waals surface area contributed by atoms with Gasteiger partial charge in [0, 0.05) is 11.5 Å². The van der Waals surface area contributed by atoms with Gasteiger partial charge in [-0.1, -0.05) is 12.1 Å². The summed E-state index contributed by atoms with van der Waals surface area (Å²) in [6.45, 7) is 3.73. The van der Waals surface area contributed by atoms with Crippen LogP contribution in [0.3, 0.4) is 0 Å². The van der Waals surface area contributed by atoms with Crippen molar-refractivity contribution in [2.24, 2.45) is 0 Å². The maximum Gasteiger partial charge on any atom is 0.163 e. The van der Waals surface area contributed by atoms with Gasteiger partial charge in [-0.2, -0.15) is 0 Å². The predicted molar refractivity (Wildman–Crippen MR) is 99.2 cm³/mol. The first-order valence-electron chi connectivity index (χ1n) is 7.55. The third-order valence-corrected chi connectivity index (χ3v) is 7.46. The molecule has 5 heteroatoms. The lowest BCUT2D eigenvalue weighted by molar-refractivity contribution is 0.101. The summed E-state index contributed by atoms with van der Waals surface area (Å²) in [5.41, 5.74) is 1.34. The number of hydrogen-bond donors (Lipinski definition) is 1. The molecule has 1 aliphatic rings. The number of phenols is 1. The second kappa shape index (κ2) is 6.29. The number of carbonyl (C=O) groups is 1. The number of rotatable bonds is 4. The Morgan fingerprint density at radius 2 is 2.04 bits per heavy atom. The summed E-state index contributed by atoms with van der Waals surface area (Å²) in [5, 5.41) is 12.3. The first-order valence-corrected chi connectivity index (χ1v) is 9.53. The second-order valence-corrected chi connectivity index (χ2v) is 9.34. The zero-order valence-corrected chi connectivity index (χ0v) is 15.1. The summed E-state index contributed by atoms with van der Waals surface area (Å²) < 4.78 is 5.42. The van der Waals surface area contributed by atoms with E-state index < -0.39 is 0 Å². The molecule has 0 spiro atoms. The average molecular weight is 348 g/mol. The van der Waals surface area contributed by atoms with Crippen molar-refractivity contribution in [2.75, 3.05) is 18.6 Å². The van der Waals surface area contributed by atoms with Crippen LogP contribution in [0.15, 0.2) is 24.3 Å². The van der Waals surface area contributed by atoms with Gasteiger partial charge in [0.25, 0.3) is 0 Å². The Morgan fingerprint density at radius 3 is 2.65 bits per heavy atom. The minimum Gasteiger partial charge on any atom is -0.506 e. The molecular weight excluding hydrogens is 328 g/mol. The number of carbonyl (C=O) groups excluding carboxylic acids is 1. The van der Waals surface area contributed by atoms with E-state index in [0.29, 0.717) is 16.7 Å². The van der Waals surface area contributed by atoms with Crippen LogP contribution < -0.4 is 4.74 Å². The summed E-state index contributed by atoms with van der Waals surface area (Å²) in [4.78, 5) is 12.2. The summed E-state index contributed by atoms with van der Waals surface area (Å²) in [5.74, 6) is 2.78. The number of phenolic OH excluding ortho intramolecular Hbond substituents is 1. The van der Waals surface area contributed by atoms with E-state index in [1.54, 1.807) is 13.2 Å². The quantitative estimate of drug-likeness (QED) is 0.825. The number of aromatic hydroxyl groups is 1. The molecule has 3 nitrogen and oxygen atoms in total. The molecule has 0 unspecified atom stereocenters. The Kier molecular flexibility index (Phi) is 4.52. The molecule has 1 saturated heterocycles. The third kappa shape index (κ3) is 3.04. The molecule has 0 aliphatic carbocycles. The zero-order valence-electron chi connectivity index (χ0n) is 13.5. The van der Waals surface area contributed by atoms with Crippen LogP contribution in [0.25, 0.3) is 10.8 Å². The first kappa shape index (κ1) is 16.5. The van der Waals surface area contributed by atoms with E-state index >= 15 is 0 Å². The fourth-order valence-corrected chi connectivity index (χ4v) is 6.04. The van der Waals surface area contributed by atoms with Crippen LogP contribution in [0, 0.1) is 0 Å². The largest absolute Gasteiger partial charge is 0.506 e. The molecule has 0 bridgehead atoms. The second-order valence-electron chi connectivity index (χ2n) is 5.88. The van der Waals surface area contributed by atoms with Gasteiger partial charge in [-0.3, -0.25) is 4.79 Å². The maximum atomic E-state index is 12.2. The SMILES string of the molecule is COc1cccc2cc(CC3(C)SCCS3)c(C(C)=O)c(O)c12. The molecule has 2 aromatic rings. The summed E-state index contributed by atoms with van der Waals surface area (Å²) in [7, 11) is 1.57. The van der Waals surface area contributed by atoms with Crippen molar-refractivity contribution in [3.63, 3.8) is 0 Å². The van der Waals surface area contributed by atoms with Crippen LogP contribution in [0.5, 0.6) is 11.5 Å². The fraction of sp³-hybridized carbons (Fsp3) is 0.389. The van der Waals surface area contributed by atoms with Gasteiger partial charge < -0.3 is 9.84 Å². The normalized spacial score (nSPS) is 16.7. The Bertz CT molecular complexity index is 764. The zero-order chi connectivity index (χ0) is 16.6. The van der Waals surface area contributed by atoms with E-state index in [1.165, 1.54) is 6.92 Å². The topological polar surface area (TPSA) is 46.5 Å². The molecule has 1 N–H and O–H groups in total. The maximum absolute atomic E-state index is 12.2. The van der Waals surface area contributed by atoms with Crippen molar-refractivity contribution in [1.82, 2.24) is 0 Å². The number of thioether (sulfide) groups is 2. The van der Waals surface area contributed by atoms with Crippen LogP contribution in [-0.2, 0) is 6.42 Å². The highest BCUT2D eigenvalue weighted by Gasteiger charge is 2.32. The lowest BCUT2D eigenvalue weighted by Gasteiger charge is -2.24. The van der Waals surface area contributed by atoms with Crippen molar-refractivity contribution >= 4 is 40.1 Å². The summed E-state index contributed by atoms with van der Waals surface area (Å²) in [6.07, 6.45) is 0.762. The Hall–Kier alpha value is -1.33. The fourth-order valence-electron chi connectivity index (χ4n) is 3.17. The Morgan fingerprint density at radius 1 is 1.35 bits per heavy atom. The van der Waals surface area contributed by atoms with Gasteiger partial charge in [-0.15, -0.1) is 23.5 Å². The van der Waals surface area contributed by atoms with E-state index in [9.17, 15) is 9.90 Å². The van der Waals surface area contributed by atoms with Crippen molar-refractivity contribution < 1.29 is 14.6 Å². The van der Waals surface area contributed by atoms with Crippen molar-refractivity contribution in [3.8, 4) is 11.5 Å². The number of hydrogen-bond acceptors (Lipinski definition) is 5. The van der Waals surface area contributed by atoms with Gasteiger partial charge >= 0.3 is 0 Å². The van der Waals surface area contributed by atoms with Gasteiger partial charge in [-0.25, -0.2) is 0 Å². The Balaban J connectivity index is 2.21. The number of ketones is 1. The van der Waals surface area contributed by atoms with Gasteiger partial charge in [-0.05, 0) is 43.4 Å². The molecule has 0 radical (unpaired) electrons. The lowest BCUT2D eigenvalue weighted by Crippen LogP contribution is -2.17. The highest BCUT2D eigenvalue weighted by molar-refractivity contribution is 8.21. The van der Waals surface area contributed by atoms with Gasteiger partial charge in [0.05, 0.1) is 22.1 Å². The number of Topliss-reactive ketones (excluding diaryl/α,β-unsaturated/α-hetero) is 1. The van der Waals surface area contributed by atoms with Gasteiger partial charge in [0.15, 0.2) is 5.78 Å². The molecule has 1 aliphatic heterocycles. The highest BCUT2D eigenvalue weighted by atomic mass is 32.2. The number of methoxy groups -OCH3 is 1. The Labute approximate surface area is 144 Å². The predicted octanol–water partition coefficient (Wildman–Crippen LogP) is 4.50. The molecule has 0 saturated carbocycles. The average Bonchev–Trinajstić information content (AvgIpc) is 2.92. The molecule has 2 aromatic carbocycles. The molecule has 122 valence electrons. The highest BCUT2D eigenvalue weighted by Crippen LogP contribution is 2.47. The smallest absolute Gasteiger partial charge is 0.163 e. The van der Waals surface area contributed by atoms with E-state index in [2.05, 4.69) is 6.92 Å². The number of ether oxygens (including phenoxy) is 1. The van der Waals surface area contributed by atoms with Gasteiger partial charge in [0.1, 0.15) is 11.5 Å². The van der Waals surface area contributed by atoms with E-state index in [-0.39, 0.29) is 15.6 Å². The van der Waals surface area contributed by atoms with Crippen molar-refractivity contribution in [3.05, 3.63) is 35.4 Å². The molecule has 3 rings (SSSR count). The standard InChI is InChI=1S/C18H20O3S2/c1-11(19)15-13(10-18(2)22-7-8-23-18)9-12-5-4-6-14(21-3)16(12)17(15)20/h4-6,9,20H,7-8,10H2,1-3H3. The van der Waals surface area contributed by atoms with Crippen LogP contribution >= 0.6 is 23.5 Å². The molecule has 0 aromatic heterocycles. The van der Waals surface area contributed by atoms with Crippen molar-refractivity contribution in [2.45, 2.75) is 24.3 Å². The summed E-state index contributed by atoms with van der Waals surface area (Å²) >= 11 is 3.85. The monoisotopic (exact) mass is 348 g/mol. The minimum absolute atomic E-state index is 0.0408. The molecule has 0 amide bonds. The molecule has 1 heterocycles.